The first-order valence-electron chi connectivity index (χ1n) is 6.93. The Kier molecular flexibility index (Phi) is 8.83. The van der Waals surface area contributed by atoms with Gasteiger partial charge in [-0.3, -0.25) is 9.59 Å². The van der Waals surface area contributed by atoms with E-state index in [0.717, 1.165) is 0 Å². The third-order valence-electron chi connectivity index (χ3n) is 4.29. The molecule has 0 aromatic heterocycles. The van der Waals surface area contributed by atoms with Crippen LogP contribution in [-0.2, 0) is 9.59 Å². The van der Waals surface area contributed by atoms with Crippen LogP contribution in [-0.4, -0.2) is 56.7 Å². The van der Waals surface area contributed by atoms with Gasteiger partial charge in [-0.25, -0.2) is 0 Å². The lowest BCUT2D eigenvalue weighted by atomic mass is 9.80. The zero-order valence-electron chi connectivity index (χ0n) is 14.1. The molecule has 0 saturated carbocycles. The fraction of sp³-hybridized carbons (Fsp3) is 0.857. The van der Waals surface area contributed by atoms with Gasteiger partial charge in [0.25, 0.3) is 0 Å². The largest absolute Gasteiger partial charge is 0.480 e. The molecule has 0 aromatic carbocycles. The van der Waals surface area contributed by atoms with Gasteiger partial charge in [0.1, 0.15) is 12.1 Å². The molecule has 0 bridgehead atoms. The minimum atomic E-state index is -1.09. The molecule has 0 heterocycles. The Bertz CT molecular complexity index is 344. The summed E-state index contributed by atoms with van der Waals surface area (Å²) in [5.41, 5.74) is 9.10. The number of nitrogens with two attached hydrogens (primary N) is 2. The van der Waals surface area contributed by atoms with Crippen LogP contribution in [0.25, 0.3) is 0 Å². The van der Waals surface area contributed by atoms with E-state index in [4.69, 9.17) is 31.9 Å². The van der Waals surface area contributed by atoms with Gasteiger partial charge in [-0.2, -0.15) is 0 Å². The summed E-state index contributed by atoms with van der Waals surface area (Å²) in [6.07, 6.45) is -1.46. The second kappa shape index (κ2) is 8.42. The van der Waals surface area contributed by atoms with Crippen LogP contribution in [0.5, 0.6) is 0 Å². The topological polar surface area (TPSA) is 167 Å². The summed E-state index contributed by atoms with van der Waals surface area (Å²) in [7, 11) is 0. The maximum absolute atomic E-state index is 10.4. The molecule has 0 amide bonds. The number of carbonyl (C=O) groups is 2. The molecule has 0 spiro atoms. The van der Waals surface area contributed by atoms with Crippen molar-refractivity contribution in [3.8, 4) is 0 Å². The molecule has 8 heteroatoms. The second-order valence-electron chi connectivity index (χ2n) is 6.63. The Morgan fingerprint density at radius 1 is 0.773 bits per heavy atom. The van der Waals surface area contributed by atoms with Crippen molar-refractivity contribution >= 4 is 11.9 Å². The quantitative estimate of drug-likeness (QED) is 0.384. The van der Waals surface area contributed by atoms with E-state index < -0.39 is 47.1 Å². The van der Waals surface area contributed by atoms with Crippen molar-refractivity contribution in [3.05, 3.63) is 0 Å². The molecule has 0 aliphatic carbocycles. The van der Waals surface area contributed by atoms with Gasteiger partial charge in [0.2, 0.25) is 0 Å². The molecule has 8 nitrogen and oxygen atoms in total. The summed E-state index contributed by atoms with van der Waals surface area (Å²) in [6, 6.07) is -2.05. The zero-order chi connectivity index (χ0) is 18.5. The molecule has 0 aromatic rings. The first-order chi connectivity index (χ1) is 9.59. The van der Waals surface area contributed by atoms with Crippen LogP contribution in [0.3, 0.4) is 0 Å². The molecule has 0 saturated heterocycles. The van der Waals surface area contributed by atoms with E-state index in [-0.39, 0.29) is 0 Å². The maximum atomic E-state index is 10.4. The average molecular weight is 322 g/mol. The fourth-order valence-corrected chi connectivity index (χ4v) is 1.16. The van der Waals surface area contributed by atoms with E-state index in [9.17, 15) is 9.59 Å². The maximum Gasteiger partial charge on any atom is 0.321 e. The van der Waals surface area contributed by atoms with Crippen molar-refractivity contribution in [2.45, 2.75) is 65.8 Å². The van der Waals surface area contributed by atoms with Crippen LogP contribution in [0.1, 0.15) is 41.5 Å². The van der Waals surface area contributed by atoms with Crippen LogP contribution >= 0.6 is 0 Å². The summed E-state index contributed by atoms with van der Waals surface area (Å²) in [4.78, 5) is 20.8. The Morgan fingerprint density at radius 2 is 0.955 bits per heavy atom. The van der Waals surface area contributed by atoms with Gasteiger partial charge in [0, 0.05) is 10.8 Å². The normalized spacial score (nSPS) is 17.5. The number of carboxylic acid groups (broad SMARTS) is 2. The first kappa shape index (κ1) is 23.1. The van der Waals surface area contributed by atoms with Gasteiger partial charge in [-0.1, -0.05) is 27.7 Å². The van der Waals surface area contributed by atoms with Crippen molar-refractivity contribution in [1.82, 2.24) is 0 Å². The lowest BCUT2D eigenvalue weighted by Crippen LogP contribution is -2.49. The van der Waals surface area contributed by atoms with Gasteiger partial charge in [-0.15, -0.1) is 0 Å². The molecule has 0 rings (SSSR count). The minimum absolute atomic E-state index is 0.728. The SMILES string of the molecule is CC(O)C(C)(C)C(N)C(=O)O.C[C@H](O)C(C)(C)[C@H](N)C(=O)O. The number of aliphatic carboxylic acids is 2. The van der Waals surface area contributed by atoms with Gasteiger partial charge < -0.3 is 31.9 Å². The molecule has 132 valence electrons. The molecule has 4 atom stereocenters. The Balaban J connectivity index is 0. The van der Waals surface area contributed by atoms with Crippen molar-refractivity contribution in [1.29, 1.82) is 0 Å². The van der Waals surface area contributed by atoms with Crippen LogP contribution in [0.15, 0.2) is 0 Å². The summed E-state index contributed by atoms with van der Waals surface area (Å²) in [6.45, 7) is 9.55. The van der Waals surface area contributed by atoms with Crippen molar-refractivity contribution in [2.75, 3.05) is 0 Å². The molecule has 0 aliphatic rings. The Morgan fingerprint density at radius 3 is 1.00 bits per heavy atom. The zero-order valence-corrected chi connectivity index (χ0v) is 14.1. The van der Waals surface area contributed by atoms with Crippen LogP contribution < -0.4 is 11.5 Å². The smallest absolute Gasteiger partial charge is 0.321 e. The fourth-order valence-electron chi connectivity index (χ4n) is 1.16. The lowest BCUT2D eigenvalue weighted by molar-refractivity contribution is -0.144. The van der Waals surface area contributed by atoms with Gasteiger partial charge in [0.05, 0.1) is 12.2 Å². The summed E-state index contributed by atoms with van der Waals surface area (Å²) in [5, 5.41) is 35.4. The van der Waals surface area contributed by atoms with E-state index in [0.29, 0.717) is 0 Å². The van der Waals surface area contributed by atoms with Crippen LogP contribution in [0.4, 0.5) is 0 Å². The molecular formula is C14H30N2O6. The number of carboxylic acids is 2. The third kappa shape index (κ3) is 6.27. The highest BCUT2D eigenvalue weighted by Crippen LogP contribution is 2.24. The monoisotopic (exact) mass is 322 g/mol. The highest BCUT2D eigenvalue weighted by molar-refractivity contribution is 5.74. The third-order valence-corrected chi connectivity index (χ3v) is 4.29. The molecule has 0 fully saturated rings. The number of rotatable bonds is 6. The van der Waals surface area contributed by atoms with E-state index in [1.165, 1.54) is 13.8 Å². The standard InChI is InChI=1S/2C7H15NO3/c2*1-4(9)7(2,3)5(8)6(10)11/h2*4-5,9H,8H2,1-3H3,(H,10,11)/t4-,5+;/m0./s1. The molecular weight excluding hydrogens is 292 g/mol. The summed E-state index contributed by atoms with van der Waals surface area (Å²) in [5.74, 6) is -2.17. The van der Waals surface area contributed by atoms with E-state index >= 15 is 0 Å². The molecule has 8 N–H and O–H groups in total. The first-order valence-corrected chi connectivity index (χ1v) is 6.93. The lowest BCUT2D eigenvalue weighted by Gasteiger charge is -2.31. The summed E-state index contributed by atoms with van der Waals surface area (Å²) >= 11 is 0. The van der Waals surface area contributed by atoms with E-state index in [1.807, 2.05) is 0 Å². The van der Waals surface area contributed by atoms with Crippen molar-refractivity contribution < 1.29 is 30.0 Å². The highest BCUT2D eigenvalue weighted by Gasteiger charge is 2.36. The van der Waals surface area contributed by atoms with Crippen molar-refractivity contribution in [3.63, 3.8) is 0 Å². The van der Waals surface area contributed by atoms with Gasteiger partial charge in [0.15, 0.2) is 0 Å². The van der Waals surface area contributed by atoms with Crippen LogP contribution in [0.2, 0.25) is 0 Å². The predicted molar refractivity (Wildman–Crippen MR) is 82.1 cm³/mol. The molecule has 0 aliphatic heterocycles. The van der Waals surface area contributed by atoms with Crippen LogP contribution in [0, 0.1) is 10.8 Å². The second-order valence-corrected chi connectivity index (χ2v) is 6.63. The summed E-state index contributed by atoms with van der Waals surface area (Å²) < 4.78 is 0. The molecule has 0 radical (unpaired) electrons. The number of aliphatic hydroxyl groups excluding tert-OH is 2. The van der Waals surface area contributed by atoms with Crippen molar-refractivity contribution in [2.24, 2.45) is 22.3 Å². The van der Waals surface area contributed by atoms with E-state index in [2.05, 4.69) is 0 Å². The molecule has 22 heavy (non-hydrogen) atoms. The highest BCUT2D eigenvalue weighted by atomic mass is 16.4. The number of aliphatic hydroxyl groups is 2. The van der Waals surface area contributed by atoms with Gasteiger partial charge >= 0.3 is 11.9 Å². The average Bonchev–Trinajstić information content (AvgIpc) is 2.36. The number of hydrogen-bond acceptors (Lipinski definition) is 6. The van der Waals surface area contributed by atoms with Gasteiger partial charge in [-0.05, 0) is 13.8 Å². The predicted octanol–water partition coefficient (Wildman–Crippen LogP) is -0.389. The Hall–Kier alpha value is -1.22. The molecule has 2 unspecified atom stereocenters. The minimum Gasteiger partial charge on any atom is -0.480 e. The van der Waals surface area contributed by atoms with E-state index in [1.54, 1.807) is 27.7 Å². The Labute approximate surface area is 131 Å². The number of hydrogen-bond donors (Lipinski definition) is 6.